The molecule has 3 amide bonds. The lowest BCUT2D eigenvalue weighted by molar-refractivity contribution is -0.149. The van der Waals surface area contributed by atoms with Crippen molar-refractivity contribution in [3.8, 4) is 0 Å². The molecule has 3 aliphatic rings. The second-order valence-corrected chi connectivity index (χ2v) is 10.3. The number of nitrogens with zero attached hydrogens (tertiary/aromatic N) is 2. The van der Waals surface area contributed by atoms with E-state index >= 15 is 0 Å². The number of ketones is 1. The molecule has 3 unspecified atom stereocenters. The molecule has 9 nitrogen and oxygen atoms in total. The standard InChI is InChI=1S/C28H32N4O5/c1-17(29)26(35)30-22-10-11-23-21(12-22)13-24(33)28(23)27(36)31(16-37-28)15-25(34)32(18(2)20-8-9-20)14-19-6-4-3-5-7-19/h3-7,10-12,17-18,20H,8-9,13-16,29H2,1-2H3,(H,30,35). The van der Waals surface area contributed by atoms with Crippen LogP contribution >= 0.6 is 0 Å². The molecule has 194 valence electrons. The molecule has 0 bridgehead atoms. The highest BCUT2D eigenvalue weighted by atomic mass is 16.5. The van der Waals surface area contributed by atoms with E-state index in [9.17, 15) is 19.2 Å². The molecule has 2 aliphatic carbocycles. The van der Waals surface area contributed by atoms with Gasteiger partial charge in [-0.3, -0.25) is 19.2 Å². The first-order chi connectivity index (χ1) is 17.7. The van der Waals surface area contributed by atoms with Gasteiger partial charge >= 0.3 is 0 Å². The highest BCUT2D eigenvalue weighted by molar-refractivity contribution is 6.15. The van der Waals surface area contributed by atoms with Crippen molar-refractivity contribution in [2.45, 2.75) is 57.3 Å². The fourth-order valence-corrected chi connectivity index (χ4v) is 5.22. The van der Waals surface area contributed by atoms with Crippen LogP contribution in [0.5, 0.6) is 0 Å². The lowest BCUT2D eigenvalue weighted by atomic mass is 9.94. The maximum absolute atomic E-state index is 13.6. The number of ether oxygens (including phenoxy) is 1. The molecule has 0 radical (unpaired) electrons. The third-order valence-corrected chi connectivity index (χ3v) is 7.57. The van der Waals surface area contributed by atoms with Crippen LogP contribution in [0.3, 0.4) is 0 Å². The molecule has 3 N–H and O–H groups in total. The molecular weight excluding hydrogens is 472 g/mol. The van der Waals surface area contributed by atoms with Crippen molar-refractivity contribution in [1.29, 1.82) is 0 Å². The molecule has 1 aliphatic heterocycles. The van der Waals surface area contributed by atoms with Gasteiger partial charge in [-0.15, -0.1) is 0 Å². The van der Waals surface area contributed by atoms with Gasteiger partial charge in [0.2, 0.25) is 17.4 Å². The molecule has 0 aromatic heterocycles. The van der Waals surface area contributed by atoms with Gasteiger partial charge in [-0.25, -0.2) is 0 Å². The molecule has 9 heteroatoms. The van der Waals surface area contributed by atoms with Gasteiger partial charge in [0.25, 0.3) is 5.91 Å². The third-order valence-electron chi connectivity index (χ3n) is 7.57. The Morgan fingerprint density at radius 3 is 2.57 bits per heavy atom. The molecule has 2 aromatic carbocycles. The van der Waals surface area contributed by atoms with E-state index in [-0.39, 0.29) is 43.3 Å². The van der Waals surface area contributed by atoms with Crippen LogP contribution in [0.25, 0.3) is 0 Å². The molecule has 1 heterocycles. The number of fused-ring (bicyclic) bond motifs is 2. The van der Waals surface area contributed by atoms with Crippen molar-refractivity contribution in [3.63, 3.8) is 0 Å². The predicted molar refractivity (Wildman–Crippen MR) is 136 cm³/mol. The summed E-state index contributed by atoms with van der Waals surface area (Å²) in [5, 5.41) is 2.71. The first kappa shape index (κ1) is 25.1. The summed E-state index contributed by atoms with van der Waals surface area (Å²) in [4.78, 5) is 55.4. The molecule has 3 atom stereocenters. The van der Waals surface area contributed by atoms with Crippen molar-refractivity contribution in [1.82, 2.24) is 9.80 Å². The van der Waals surface area contributed by atoms with E-state index < -0.39 is 17.6 Å². The molecule has 1 spiro atoms. The van der Waals surface area contributed by atoms with E-state index in [2.05, 4.69) is 12.2 Å². The van der Waals surface area contributed by atoms with Crippen LogP contribution in [0, 0.1) is 5.92 Å². The molecule has 5 rings (SSSR count). The summed E-state index contributed by atoms with van der Waals surface area (Å²) in [6.07, 6.45) is 2.18. The Morgan fingerprint density at radius 1 is 1.16 bits per heavy atom. The van der Waals surface area contributed by atoms with E-state index in [0.717, 1.165) is 18.4 Å². The first-order valence-electron chi connectivity index (χ1n) is 12.7. The number of rotatable bonds is 8. The molecular formula is C28H32N4O5. The monoisotopic (exact) mass is 504 g/mol. The number of anilines is 1. The Kier molecular flexibility index (Phi) is 6.59. The summed E-state index contributed by atoms with van der Waals surface area (Å²) in [5.74, 6) is -0.944. The summed E-state index contributed by atoms with van der Waals surface area (Å²) >= 11 is 0. The summed E-state index contributed by atoms with van der Waals surface area (Å²) in [6.45, 7) is 3.80. The van der Waals surface area contributed by atoms with Gasteiger partial charge in [0.15, 0.2) is 5.78 Å². The molecule has 2 aromatic rings. The fourth-order valence-electron chi connectivity index (χ4n) is 5.22. The second-order valence-electron chi connectivity index (χ2n) is 10.3. The summed E-state index contributed by atoms with van der Waals surface area (Å²) in [6, 6.07) is 14.1. The topological polar surface area (TPSA) is 122 Å². The Labute approximate surface area is 215 Å². The number of nitrogens with two attached hydrogens (primary N) is 1. The van der Waals surface area contributed by atoms with Crippen LogP contribution in [0.15, 0.2) is 48.5 Å². The van der Waals surface area contributed by atoms with Crippen LogP contribution in [0.4, 0.5) is 5.69 Å². The van der Waals surface area contributed by atoms with Gasteiger partial charge in [0.05, 0.1) is 6.04 Å². The van der Waals surface area contributed by atoms with Crippen LogP contribution in [0.1, 0.15) is 43.4 Å². The molecule has 37 heavy (non-hydrogen) atoms. The smallest absolute Gasteiger partial charge is 0.269 e. The number of benzene rings is 2. The number of Topliss-reactive ketones (excluding diaryl/α,β-unsaturated/α-hetero) is 1. The Bertz CT molecular complexity index is 1240. The normalized spacial score (nSPS) is 22.2. The number of nitrogens with one attached hydrogen (secondary N) is 1. The molecule has 2 fully saturated rings. The van der Waals surface area contributed by atoms with E-state index in [1.165, 1.54) is 4.90 Å². The SMILES string of the molecule is CC(N)C(=O)Nc1ccc2c(c1)CC(=O)C21OCN(CC(=O)N(Cc2ccccc2)C(C)C2CC2)C1=O. The van der Waals surface area contributed by atoms with Gasteiger partial charge in [-0.05, 0) is 55.9 Å². The van der Waals surface area contributed by atoms with Crippen LogP contribution in [-0.2, 0) is 42.5 Å². The number of hydrogen-bond donors (Lipinski definition) is 2. The van der Waals surface area contributed by atoms with E-state index in [4.69, 9.17) is 10.5 Å². The highest BCUT2D eigenvalue weighted by Gasteiger charge is 2.59. The third kappa shape index (κ3) is 4.65. The van der Waals surface area contributed by atoms with Gasteiger partial charge in [-0.1, -0.05) is 36.4 Å². The average Bonchev–Trinajstić information content (AvgIpc) is 3.63. The number of hydrogen-bond acceptors (Lipinski definition) is 6. The van der Waals surface area contributed by atoms with Crippen molar-refractivity contribution in [2.24, 2.45) is 11.7 Å². The van der Waals surface area contributed by atoms with Gasteiger partial charge in [0.1, 0.15) is 13.3 Å². The lowest BCUT2D eigenvalue weighted by Crippen LogP contribution is -2.48. The Morgan fingerprint density at radius 2 is 1.89 bits per heavy atom. The lowest BCUT2D eigenvalue weighted by Gasteiger charge is -2.31. The molecule has 1 saturated heterocycles. The maximum Gasteiger partial charge on any atom is 0.269 e. The van der Waals surface area contributed by atoms with Crippen molar-refractivity contribution in [3.05, 3.63) is 65.2 Å². The predicted octanol–water partition coefficient (Wildman–Crippen LogP) is 1.94. The summed E-state index contributed by atoms with van der Waals surface area (Å²) < 4.78 is 5.89. The van der Waals surface area contributed by atoms with Crippen molar-refractivity contribution < 1.29 is 23.9 Å². The van der Waals surface area contributed by atoms with Crippen molar-refractivity contribution in [2.75, 3.05) is 18.6 Å². The highest BCUT2D eigenvalue weighted by Crippen LogP contribution is 2.43. The van der Waals surface area contributed by atoms with Crippen LogP contribution in [-0.4, -0.2) is 58.7 Å². The summed E-state index contributed by atoms with van der Waals surface area (Å²) in [5.41, 5.74) is 6.47. The Balaban J connectivity index is 1.33. The zero-order valence-corrected chi connectivity index (χ0v) is 21.1. The zero-order valence-electron chi connectivity index (χ0n) is 21.1. The quantitative estimate of drug-likeness (QED) is 0.530. The second kappa shape index (κ2) is 9.72. The Hall–Kier alpha value is -3.56. The van der Waals surface area contributed by atoms with E-state index in [0.29, 0.717) is 29.3 Å². The first-order valence-corrected chi connectivity index (χ1v) is 12.7. The van der Waals surface area contributed by atoms with E-state index in [1.54, 1.807) is 25.1 Å². The minimum Gasteiger partial charge on any atom is -0.334 e. The van der Waals surface area contributed by atoms with Crippen LogP contribution < -0.4 is 11.1 Å². The summed E-state index contributed by atoms with van der Waals surface area (Å²) in [7, 11) is 0. The zero-order chi connectivity index (χ0) is 26.3. The van der Waals surface area contributed by atoms with Crippen molar-refractivity contribution >= 4 is 29.2 Å². The van der Waals surface area contributed by atoms with Gasteiger partial charge in [0, 0.05) is 30.3 Å². The maximum atomic E-state index is 13.6. The number of amides is 3. The minimum atomic E-state index is -1.74. The average molecular weight is 505 g/mol. The van der Waals surface area contributed by atoms with E-state index in [1.807, 2.05) is 35.2 Å². The van der Waals surface area contributed by atoms with Crippen LogP contribution in [0.2, 0.25) is 0 Å². The largest absolute Gasteiger partial charge is 0.334 e. The minimum absolute atomic E-state index is 0.00357. The number of carbonyl (C=O) groups excluding carboxylic acids is 4. The van der Waals surface area contributed by atoms with Gasteiger partial charge in [-0.2, -0.15) is 0 Å². The van der Waals surface area contributed by atoms with Gasteiger partial charge < -0.3 is 25.6 Å². The fraction of sp³-hybridized carbons (Fsp3) is 0.429. The number of carbonyl (C=O) groups is 4. The molecule has 1 saturated carbocycles.